The largest absolute Gasteiger partial charge is 0.370 e. The first-order valence-electron chi connectivity index (χ1n) is 10.9. The summed E-state index contributed by atoms with van der Waals surface area (Å²) in [7, 11) is 0. The maximum absolute atomic E-state index is 12.5. The van der Waals surface area contributed by atoms with Crippen LogP contribution in [0, 0.1) is 5.92 Å². The molecule has 0 saturated carbocycles. The number of aromatic nitrogens is 2. The Kier molecular flexibility index (Phi) is 7.66. The number of carbonyl (C=O) groups excluding carboxylic acids is 2. The molecule has 8 heteroatoms. The molecule has 0 unspecified atom stereocenters. The summed E-state index contributed by atoms with van der Waals surface area (Å²) in [6.45, 7) is 9.24. The molecule has 3 heterocycles. The van der Waals surface area contributed by atoms with Gasteiger partial charge in [-0.15, -0.1) is 0 Å². The fourth-order valence-electron chi connectivity index (χ4n) is 4.08. The zero-order valence-electron chi connectivity index (χ0n) is 17.8. The van der Waals surface area contributed by atoms with Crippen molar-refractivity contribution in [3.8, 4) is 0 Å². The summed E-state index contributed by atoms with van der Waals surface area (Å²) in [5.74, 6) is 2.79. The highest BCUT2D eigenvalue weighted by Gasteiger charge is 2.25. The summed E-state index contributed by atoms with van der Waals surface area (Å²) in [5.41, 5.74) is 0. The highest BCUT2D eigenvalue weighted by atomic mass is 16.2. The van der Waals surface area contributed by atoms with Gasteiger partial charge < -0.3 is 20.0 Å². The van der Waals surface area contributed by atoms with Crippen LogP contribution in [0.15, 0.2) is 12.4 Å². The average molecular weight is 403 g/mol. The number of carbonyl (C=O) groups is 2. The molecule has 3 rings (SSSR count). The second kappa shape index (κ2) is 10.4. The highest BCUT2D eigenvalue weighted by Crippen LogP contribution is 2.26. The maximum Gasteiger partial charge on any atom is 0.222 e. The number of rotatable bonds is 7. The first kappa shape index (κ1) is 21.3. The summed E-state index contributed by atoms with van der Waals surface area (Å²) in [5, 5.41) is 3.31. The molecular formula is C21H34N6O2. The van der Waals surface area contributed by atoms with Crippen LogP contribution in [0.5, 0.6) is 0 Å². The molecule has 2 aliphatic heterocycles. The standard InChI is InChI=1S/C21H34N6O2/c1-3-8-22-19-15-20(24-16-23-19)26-9-6-18(7-10-26)4-5-21(29)27-13-11-25(12-14-27)17(2)28/h15-16,18H,3-14H2,1-2H3,(H,22,23,24). The van der Waals surface area contributed by atoms with Gasteiger partial charge in [0.05, 0.1) is 0 Å². The number of amides is 2. The van der Waals surface area contributed by atoms with Crippen LogP contribution in [0.4, 0.5) is 11.6 Å². The van der Waals surface area contributed by atoms with Gasteiger partial charge in [0.1, 0.15) is 18.0 Å². The lowest BCUT2D eigenvalue weighted by Crippen LogP contribution is -2.50. The summed E-state index contributed by atoms with van der Waals surface area (Å²) in [4.78, 5) is 38.7. The van der Waals surface area contributed by atoms with Crippen molar-refractivity contribution in [1.29, 1.82) is 0 Å². The summed E-state index contributed by atoms with van der Waals surface area (Å²) >= 11 is 0. The van der Waals surface area contributed by atoms with Gasteiger partial charge in [-0.2, -0.15) is 0 Å². The van der Waals surface area contributed by atoms with Crippen LogP contribution in [0.25, 0.3) is 0 Å². The smallest absolute Gasteiger partial charge is 0.222 e. The van der Waals surface area contributed by atoms with E-state index in [1.807, 2.05) is 15.9 Å². The summed E-state index contributed by atoms with van der Waals surface area (Å²) < 4.78 is 0. The van der Waals surface area contributed by atoms with Crippen molar-refractivity contribution >= 4 is 23.5 Å². The molecule has 1 N–H and O–H groups in total. The SMILES string of the molecule is CCCNc1cc(N2CCC(CCC(=O)N3CCN(C(C)=O)CC3)CC2)ncn1. The molecule has 29 heavy (non-hydrogen) atoms. The third-order valence-electron chi connectivity index (χ3n) is 5.99. The number of hydrogen-bond donors (Lipinski definition) is 1. The Labute approximate surface area is 173 Å². The lowest BCUT2D eigenvalue weighted by Gasteiger charge is -2.35. The quantitative estimate of drug-likeness (QED) is 0.751. The van der Waals surface area contributed by atoms with Crippen LogP contribution >= 0.6 is 0 Å². The van der Waals surface area contributed by atoms with E-state index in [9.17, 15) is 9.59 Å². The highest BCUT2D eigenvalue weighted by molar-refractivity contribution is 5.77. The van der Waals surface area contributed by atoms with Crippen LogP contribution in [0.1, 0.15) is 46.0 Å². The molecule has 2 fully saturated rings. The molecule has 0 bridgehead atoms. The van der Waals surface area contributed by atoms with Gasteiger partial charge in [-0.3, -0.25) is 9.59 Å². The van der Waals surface area contributed by atoms with Crippen molar-refractivity contribution in [3.05, 3.63) is 12.4 Å². The normalized spacial score (nSPS) is 18.1. The zero-order valence-corrected chi connectivity index (χ0v) is 17.8. The minimum atomic E-state index is 0.0980. The van der Waals surface area contributed by atoms with Gasteiger partial charge in [0, 0.05) is 65.2 Å². The lowest BCUT2D eigenvalue weighted by molar-refractivity contribution is -0.138. The van der Waals surface area contributed by atoms with Crippen molar-refractivity contribution < 1.29 is 9.59 Å². The Bertz CT molecular complexity index is 682. The zero-order chi connectivity index (χ0) is 20.6. The first-order chi connectivity index (χ1) is 14.1. The Hall–Kier alpha value is -2.38. The van der Waals surface area contributed by atoms with E-state index in [1.54, 1.807) is 13.3 Å². The van der Waals surface area contributed by atoms with Crippen LogP contribution in [-0.2, 0) is 9.59 Å². The van der Waals surface area contributed by atoms with Gasteiger partial charge in [0.25, 0.3) is 0 Å². The second-order valence-electron chi connectivity index (χ2n) is 8.04. The van der Waals surface area contributed by atoms with Crippen LogP contribution in [0.2, 0.25) is 0 Å². The van der Waals surface area contributed by atoms with E-state index in [0.29, 0.717) is 38.5 Å². The van der Waals surface area contributed by atoms with Crippen LogP contribution in [0.3, 0.4) is 0 Å². The molecule has 0 spiro atoms. The summed E-state index contributed by atoms with van der Waals surface area (Å²) in [6, 6.07) is 2.03. The Morgan fingerprint density at radius 3 is 2.41 bits per heavy atom. The van der Waals surface area contributed by atoms with Crippen molar-refractivity contribution in [2.45, 2.75) is 46.0 Å². The average Bonchev–Trinajstić information content (AvgIpc) is 2.76. The molecule has 2 amide bonds. The third kappa shape index (κ3) is 6.05. The first-order valence-corrected chi connectivity index (χ1v) is 10.9. The topological polar surface area (TPSA) is 81.7 Å². The summed E-state index contributed by atoms with van der Waals surface area (Å²) in [6.07, 6.45) is 6.44. The number of nitrogens with zero attached hydrogens (tertiary/aromatic N) is 5. The minimum absolute atomic E-state index is 0.0980. The van der Waals surface area contributed by atoms with E-state index in [1.165, 1.54) is 0 Å². The number of piperazine rings is 1. The van der Waals surface area contributed by atoms with E-state index in [0.717, 1.165) is 57.0 Å². The Balaban J connectivity index is 1.39. The third-order valence-corrected chi connectivity index (χ3v) is 5.99. The fraction of sp³-hybridized carbons (Fsp3) is 0.714. The Morgan fingerprint density at radius 1 is 1.07 bits per heavy atom. The van der Waals surface area contributed by atoms with Crippen molar-refractivity contribution in [2.24, 2.45) is 5.92 Å². The van der Waals surface area contributed by atoms with Gasteiger partial charge in [-0.1, -0.05) is 6.92 Å². The molecule has 1 aromatic rings. The molecule has 0 aliphatic carbocycles. The lowest BCUT2D eigenvalue weighted by atomic mass is 9.92. The molecule has 8 nitrogen and oxygen atoms in total. The van der Waals surface area contributed by atoms with Gasteiger partial charge in [0.2, 0.25) is 11.8 Å². The van der Waals surface area contributed by atoms with E-state index >= 15 is 0 Å². The molecule has 2 aliphatic rings. The van der Waals surface area contributed by atoms with Crippen molar-refractivity contribution in [1.82, 2.24) is 19.8 Å². The predicted octanol–water partition coefficient (Wildman–Crippen LogP) is 1.99. The number of anilines is 2. The molecule has 0 atom stereocenters. The molecular weight excluding hydrogens is 368 g/mol. The number of hydrogen-bond acceptors (Lipinski definition) is 6. The van der Waals surface area contributed by atoms with Gasteiger partial charge in [-0.25, -0.2) is 9.97 Å². The number of piperidine rings is 1. The van der Waals surface area contributed by atoms with E-state index in [-0.39, 0.29) is 11.8 Å². The molecule has 160 valence electrons. The molecule has 1 aromatic heterocycles. The van der Waals surface area contributed by atoms with E-state index in [4.69, 9.17) is 0 Å². The van der Waals surface area contributed by atoms with Gasteiger partial charge in [-0.05, 0) is 31.6 Å². The number of nitrogens with one attached hydrogen (secondary N) is 1. The van der Waals surface area contributed by atoms with Crippen molar-refractivity contribution in [3.63, 3.8) is 0 Å². The minimum Gasteiger partial charge on any atom is -0.370 e. The van der Waals surface area contributed by atoms with Gasteiger partial charge in [0.15, 0.2) is 0 Å². The molecule has 2 saturated heterocycles. The fourth-order valence-corrected chi connectivity index (χ4v) is 4.08. The van der Waals surface area contributed by atoms with Gasteiger partial charge >= 0.3 is 0 Å². The molecule has 0 aromatic carbocycles. The predicted molar refractivity (Wildman–Crippen MR) is 114 cm³/mol. The molecule has 0 radical (unpaired) electrons. The van der Waals surface area contributed by atoms with Crippen LogP contribution in [-0.4, -0.2) is 77.4 Å². The monoisotopic (exact) mass is 402 g/mol. The van der Waals surface area contributed by atoms with E-state index < -0.39 is 0 Å². The second-order valence-corrected chi connectivity index (χ2v) is 8.04. The van der Waals surface area contributed by atoms with Crippen molar-refractivity contribution in [2.75, 3.05) is 56.0 Å². The van der Waals surface area contributed by atoms with E-state index in [2.05, 4.69) is 27.1 Å². The van der Waals surface area contributed by atoms with Crippen LogP contribution < -0.4 is 10.2 Å². The Morgan fingerprint density at radius 2 is 1.76 bits per heavy atom. The maximum atomic E-state index is 12.5.